The fourth-order valence-electron chi connectivity index (χ4n) is 1.27. The lowest BCUT2D eigenvalue weighted by Gasteiger charge is -2.04. The highest BCUT2D eigenvalue weighted by Crippen LogP contribution is 2.28. The van der Waals surface area contributed by atoms with Crippen LogP contribution in [0.1, 0.15) is 0 Å². The number of hydrogen-bond donors (Lipinski definition) is 1. The summed E-state index contributed by atoms with van der Waals surface area (Å²) in [5.41, 5.74) is 1.78. The number of phenols is 1. The minimum absolute atomic E-state index is 0.236. The van der Waals surface area contributed by atoms with E-state index in [1.807, 2.05) is 12.1 Å². The Morgan fingerprint density at radius 3 is 2.33 bits per heavy atom. The molecule has 1 aromatic heterocycles. The Bertz CT molecular complexity index is 484. The van der Waals surface area contributed by atoms with Crippen LogP contribution in [0.4, 0.5) is 0 Å². The van der Waals surface area contributed by atoms with Crippen molar-refractivity contribution in [3.8, 4) is 16.9 Å². The van der Waals surface area contributed by atoms with Gasteiger partial charge in [-0.15, -0.1) is 0 Å². The average Bonchev–Trinajstić information content (AvgIpc) is 2.20. The van der Waals surface area contributed by atoms with Gasteiger partial charge in [-0.2, -0.15) is 0 Å². The van der Waals surface area contributed by atoms with Crippen LogP contribution < -0.4 is 0 Å². The molecule has 0 aliphatic rings. The van der Waals surface area contributed by atoms with Crippen molar-refractivity contribution in [3.63, 3.8) is 0 Å². The van der Waals surface area contributed by atoms with Crippen molar-refractivity contribution >= 4 is 27.5 Å². The molecule has 1 heterocycles. The molecule has 0 aliphatic carbocycles. The fraction of sp³-hybridized carbons (Fsp3) is 0. The predicted octanol–water partition coefficient (Wildman–Crippen LogP) is 3.87. The molecule has 0 spiro atoms. The van der Waals surface area contributed by atoms with Gasteiger partial charge < -0.3 is 5.11 Å². The molecule has 0 bridgehead atoms. The van der Waals surface area contributed by atoms with Crippen molar-refractivity contribution < 1.29 is 5.11 Å². The van der Waals surface area contributed by atoms with Crippen LogP contribution in [0, 0.1) is 0 Å². The summed E-state index contributed by atoms with van der Waals surface area (Å²) in [6.07, 6.45) is 0. The maximum absolute atomic E-state index is 9.16. The molecule has 0 aliphatic heterocycles. The number of phenolic OH excluding ortho intramolecular Hbond substituents is 1. The maximum Gasteiger partial charge on any atom is 0.138 e. The van der Waals surface area contributed by atoms with Crippen LogP contribution in [-0.4, -0.2) is 10.1 Å². The maximum atomic E-state index is 9.16. The van der Waals surface area contributed by atoms with E-state index in [0.717, 1.165) is 11.1 Å². The van der Waals surface area contributed by atoms with Crippen LogP contribution in [-0.2, 0) is 0 Å². The lowest BCUT2D eigenvalue weighted by atomic mass is 10.1. The number of aromatic hydroxyl groups is 1. The standard InChI is InChI=1S/C11H7BrClNO/c12-10-6-5-9(11(13)14-10)7-1-3-8(15)4-2-7/h1-6,15H. The van der Waals surface area contributed by atoms with Crippen LogP contribution >= 0.6 is 27.5 Å². The minimum atomic E-state index is 0.236. The molecule has 0 saturated carbocycles. The second-order valence-electron chi connectivity index (χ2n) is 3.02. The normalized spacial score (nSPS) is 10.3. The third kappa shape index (κ3) is 2.30. The van der Waals surface area contributed by atoms with Gasteiger partial charge >= 0.3 is 0 Å². The molecule has 2 aromatic rings. The van der Waals surface area contributed by atoms with E-state index in [2.05, 4.69) is 20.9 Å². The second-order valence-corrected chi connectivity index (χ2v) is 4.19. The van der Waals surface area contributed by atoms with Crippen molar-refractivity contribution in [3.05, 3.63) is 46.2 Å². The van der Waals surface area contributed by atoms with Crippen molar-refractivity contribution in [2.45, 2.75) is 0 Å². The smallest absolute Gasteiger partial charge is 0.138 e. The van der Waals surface area contributed by atoms with Crippen LogP contribution in [0.2, 0.25) is 5.15 Å². The topological polar surface area (TPSA) is 33.1 Å². The first-order valence-electron chi connectivity index (χ1n) is 4.28. The highest BCUT2D eigenvalue weighted by molar-refractivity contribution is 9.10. The lowest BCUT2D eigenvalue weighted by molar-refractivity contribution is 0.475. The van der Waals surface area contributed by atoms with Crippen molar-refractivity contribution in [1.82, 2.24) is 4.98 Å². The van der Waals surface area contributed by atoms with Crippen LogP contribution in [0.25, 0.3) is 11.1 Å². The Labute approximate surface area is 101 Å². The van der Waals surface area contributed by atoms with E-state index in [0.29, 0.717) is 9.76 Å². The van der Waals surface area contributed by atoms with Crippen molar-refractivity contribution in [1.29, 1.82) is 0 Å². The van der Waals surface area contributed by atoms with Crippen LogP contribution in [0.15, 0.2) is 41.0 Å². The Hall–Kier alpha value is -1.06. The molecular weight excluding hydrogens is 277 g/mol. The van der Waals surface area contributed by atoms with Gasteiger partial charge in [0.15, 0.2) is 0 Å². The number of benzene rings is 1. The first-order valence-corrected chi connectivity index (χ1v) is 5.45. The van der Waals surface area contributed by atoms with Gasteiger partial charge in [-0.05, 0) is 45.8 Å². The van der Waals surface area contributed by atoms with Gasteiger partial charge in [0.25, 0.3) is 0 Å². The Balaban J connectivity index is 2.49. The Morgan fingerprint density at radius 2 is 1.73 bits per heavy atom. The molecule has 1 N–H and O–H groups in total. The minimum Gasteiger partial charge on any atom is -0.508 e. The van der Waals surface area contributed by atoms with E-state index < -0.39 is 0 Å². The summed E-state index contributed by atoms with van der Waals surface area (Å²) < 4.78 is 0.704. The number of nitrogens with zero attached hydrogens (tertiary/aromatic N) is 1. The highest BCUT2D eigenvalue weighted by atomic mass is 79.9. The second kappa shape index (κ2) is 4.21. The van der Waals surface area contributed by atoms with Crippen molar-refractivity contribution in [2.75, 3.05) is 0 Å². The lowest BCUT2D eigenvalue weighted by Crippen LogP contribution is -1.83. The fourth-order valence-corrected chi connectivity index (χ4v) is 1.94. The number of hydrogen-bond acceptors (Lipinski definition) is 2. The van der Waals surface area contributed by atoms with Crippen LogP contribution in [0.5, 0.6) is 5.75 Å². The summed E-state index contributed by atoms with van der Waals surface area (Å²) in [5, 5.41) is 9.60. The third-order valence-corrected chi connectivity index (χ3v) is 2.72. The molecule has 1 aromatic carbocycles. The summed E-state index contributed by atoms with van der Waals surface area (Å²) in [6.45, 7) is 0. The molecule has 0 unspecified atom stereocenters. The first-order chi connectivity index (χ1) is 7.16. The van der Waals surface area contributed by atoms with Gasteiger partial charge in [-0.1, -0.05) is 23.7 Å². The molecule has 0 radical (unpaired) electrons. The Kier molecular flexibility index (Phi) is 2.93. The van der Waals surface area contributed by atoms with Gasteiger partial charge in [-0.3, -0.25) is 0 Å². The van der Waals surface area contributed by atoms with E-state index >= 15 is 0 Å². The first kappa shape index (κ1) is 10.5. The largest absolute Gasteiger partial charge is 0.508 e. The predicted molar refractivity (Wildman–Crippen MR) is 64.0 cm³/mol. The highest BCUT2D eigenvalue weighted by Gasteiger charge is 2.04. The van der Waals surface area contributed by atoms with Gasteiger partial charge in [0, 0.05) is 5.56 Å². The van der Waals surface area contributed by atoms with Gasteiger partial charge in [0.2, 0.25) is 0 Å². The van der Waals surface area contributed by atoms with E-state index in [-0.39, 0.29) is 5.75 Å². The molecule has 15 heavy (non-hydrogen) atoms. The molecule has 2 rings (SSSR count). The van der Waals surface area contributed by atoms with Crippen molar-refractivity contribution in [2.24, 2.45) is 0 Å². The number of rotatable bonds is 1. The van der Waals surface area contributed by atoms with E-state index in [4.69, 9.17) is 16.7 Å². The SMILES string of the molecule is Oc1ccc(-c2ccc(Br)nc2Cl)cc1. The number of pyridine rings is 1. The molecule has 0 atom stereocenters. The molecule has 0 amide bonds. The summed E-state index contributed by atoms with van der Waals surface area (Å²) in [6, 6.07) is 10.5. The molecule has 4 heteroatoms. The monoisotopic (exact) mass is 283 g/mol. The molecule has 0 fully saturated rings. The average molecular weight is 285 g/mol. The molecule has 76 valence electrons. The van der Waals surface area contributed by atoms with Gasteiger partial charge in [-0.25, -0.2) is 4.98 Å². The van der Waals surface area contributed by atoms with Crippen LogP contribution in [0.3, 0.4) is 0 Å². The van der Waals surface area contributed by atoms with E-state index in [1.54, 1.807) is 24.3 Å². The third-order valence-electron chi connectivity index (χ3n) is 1.99. The quantitative estimate of drug-likeness (QED) is 0.806. The summed E-state index contributed by atoms with van der Waals surface area (Å²) in [5.74, 6) is 0.236. The zero-order valence-corrected chi connectivity index (χ0v) is 9.96. The summed E-state index contributed by atoms with van der Waals surface area (Å²) in [7, 11) is 0. The Morgan fingerprint density at radius 1 is 1.07 bits per heavy atom. The molecular formula is C11H7BrClNO. The van der Waals surface area contributed by atoms with E-state index in [1.165, 1.54) is 0 Å². The molecule has 0 saturated heterocycles. The zero-order valence-electron chi connectivity index (χ0n) is 7.61. The zero-order chi connectivity index (χ0) is 10.8. The number of aromatic nitrogens is 1. The van der Waals surface area contributed by atoms with Gasteiger partial charge in [0.1, 0.15) is 15.5 Å². The summed E-state index contributed by atoms with van der Waals surface area (Å²) >= 11 is 9.25. The van der Waals surface area contributed by atoms with Gasteiger partial charge in [0.05, 0.1) is 0 Å². The molecule has 2 nitrogen and oxygen atoms in total. The summed E-state index contributed by atoms with van der Waals surface area (Å²) in [4.78, 5) is 4.09. The van der Waals surface area contributed by atoms with E-state index in [9.17, 15) is 0 Å². The number of halogens is 2.